The third kappa shape index (κ3) is 3.58. The number of hydrogen-bond acceptors (Lipinski definition) is 1. The summed E-state index contributed by atoms with van der Waals surface area (Å²) in [6.07, 6.45) is 0. The quantitative estimate of drug-likeness (QED) is 0.200. The van der Waals surface area contributed by atoms with Crippen molar-refractivity contribution in [2.45, 2.75) is 13.8 Å². The van der Waals surface area contributed by atoms with Crippen LogP contribution >= 0.6 is 0 Å². The molecule has 0 fully saturated rings. The molecule has 43 heavy (non-hydrogen) atoms. The second kappa shape index (κ2) is 9.05. The number of hydrogen-bond donors (Lipinski definition) is 0. The van der Waals surface area contributed by atoms with Crippen LogP contribution in [0.3, 0.4) is 0 Å². The highest BCUT2D eigenvalue weighted by Gasteiger charge is 2.20. The molecular weight excluding hydrogens is 520 g/mol. The van der Waals surface area contributed by atoms with Gasteiger partial charge in [0.15, 0.2) is 0 Å². The van der Waals surface area contributed by atoms with E-state index in [9.17, 15) is 0 Å². The Morgan fingerprint density at radius 2 is 1.00 bits per heavy atom. The highest BCUT2D eigenvalue weighted by Crippen LogP contribution is 2.47. The molecule has 8 aromatic carbocycles. The van der Waals surface area contributed by atoms with Gasteiger partial charge in [0.05, 0.1) is 0 Å². The van der Waals surface area contributed by atoms with Crippen molar-refractivity contribution in [1.29, 1.82) is 0 Å². The average molecular weight is 549 g/mol. The maximum Gasteiger partial charge on any atom is 0.143 e. The lowest BCUT2D eigenvalue weighted by Crippen LogP contribution is -1.92. The fourth-order valence-electron chi connectivity index (χ4n) is 7.04. The van der Waals surface area contributed by atoms with Crippen molar-refractivity contribution in [1.82, 2.24) is 0 Å². The average Bonchev–Trinajstić information content (AvgIpc) is 3.43. The first kappa shape index (κ1) is 24.2. The van der Waals surface area contributed by atoms with E-state index in [1.165, 1.54) is 71.3 Å². The summed E-state index contributed by atoms with van der Waals surface area (Å²) >= 11 is 0. The smallest absolute Gasteiger partial charge is 0.143 e. The Hall–Kier alpha value is -5.40. The number of benzene rings is 8. The summed E-state index contributed by atoms with van der Waals surface area (Å²) in [7, 11) is 0. The minimum absolute atomic E-state index is 0.921. The first-order chi connectivity index (χ1) is 21.1. The summed E-state index contributed by atoms with van der Waals surface area (Å²) in [4.78, 5) is 0. The summed E-state index contributed by atoms with van der Waals surface area (Å²) < 4.78 is 6.58. The maximum atomic E-state index is 6.58. The van der Waals surface area contributed by atoms with E-state index in [0.29, 0.717) is 0 Å². The Morgan fingerprint density at radius 3 is 1.77 bits per heavy atom. The van der Waals surface area contributed by atoms with Gasteiger partial charge >= 0.3 is 0 Å². The monoisotopic (exact) mass is 548 g/mol. The van der Waals surface area contributed by atoms with Gasteiger partial charge in [-0.05, 0) is 86.1 Å². The molecule has 0 saturated heterocycles. The fourth-order valence-corrected chi connectivity index (χ4v) is 7.04. The topological polar surface area (TPSA) is 13.1 Å². The Labute approximate surface area is 250 Å². The second-order valence-electron chi connectivity index (χ2n) is 11.8. The molecule has 9 aromatic rings. The predicted octanol–water partition coefficient (Wildman–Crippen LogP) is 12.1. The number of aryl methyl sites for hydroxylation is 2. The van der Waals surface area contributed by atoms with Gasteiger partial charge < -0.3 is 4.42 Å². The van der Waals surface area contributed by atoms with Crippen molar-refractivity contribution >= 4 is 54.3 Å². The lowest BCUT2D eigenvalue weighted by atomic mass is 9.83. The van der Waals surface area contributed by atoms with Crippen molar-refractivity contribution in [3.8, 4) is 33.4 Å². The molecule has 0 unspecified atom stereocenters. The van der Waals surface area contributed by atoms with Crippen LogP contribution in [-0.2, 0) is 0 Å². The highest BCUT2D eigenvalue weighted by molar-refractivity contribution is 6.30. The fraction of sp³-hybridized carbons (Fsp3) is 0.0476. The molecule has 0 N–H and O–H groups in total. The van der Waals surface area contributed by atoms with E-state index in [1.54, 1.807) is 0 Å². The molecule has 9 rings (SSSR count). The molecule has 0 spiro atoms. The molecular formula is C42H28O. The van der Waals surface area contributed by atoms with Crippen LogP contribution in [0.25, 0.3) is 87.6 Å². The van der Waals surface area contributed by atoms with Crippen LogP contribution in [0.2, 0.25) is 0 Å². The van der Waals surface area contributed by atoms with Crippen LogP contribution in [0.4, 0.5) is 0 Å². The van der Waals surface area contributed by atoms with Gasteiger partial charge in [-0.15, -0.1) is 0 Å². The standard InChI is InChI=1S/C42H28O/c1-25-10-14-27(15-11-25)30-20-18-29-19-21-33-37(28-16-12-26(2)13-17-28)24-38(34-23-22-32(30)40(29)41(33)34)36-8-5-7-35-31-6-3-4-9-39(31)43-42(35)36/h3-24H,1-2H3. The molecule has 1 nitrogen and oxygen atoms in total. The first-order valence-corrected chi connectivity index (χ1v) is 14.9. The molecule has 0 radical (unpaired) electrons. The molecule has 0 amide bonds. The maximum absolute atomic E-state index is 6.58. The number of fused-ring (bicyclic) bond motifs is 3. The Bertz CT molecular complexity index is 2490. The summed E-state index contributed by atoms with van der Waals surface area (Å²) in [6, 6.07) is 48.9. The molecule has 0 aliphatic carbocycles. The van der Waals surface area contributed by atoms with Crippen molar-refractivity contribution in [2.24, 2.45) is 0 Å². The van der Waals surface area contributed by atoms with Gasteiger partial charge in [-0.25, -0.2) is 0 Å². The molecule has 0 atom stereocenters. The zero-order chi connectivity index (χ0) is 28.7. The Morgan fingerprint density at radius 1 is 0.395 bits per heavy atom. The molecule has 0 saturated carbocycles. The predicted molar refractivity (Wildman–Crippen MR) is 183 cm³/mol. The Kier molecular flexibility index (Phi) is 5.10. The van der Waals surface area contributed by atoms with Crippen LogP contribution < -0.4 is 0 Å². The van der Waals surface area contributed by atoms with Gasteiger partial charge in [0, 0.05) is 16.3 Å². The lowest BCUT2D eigenvalue weighted by Gasteiger charge is -2.19. The molecule has 1 heteroatoms. The van der Waals surface area contributed by atoms with Gasteiger partial charge in [-0.1, -0.05) is 132 Å². The van der Waals surface area contributed by atoms with Crippen molar-refractivity contribution in [3.05, 3.63) is 145 Å². The zero-order valence-corrected chi connectivity index (χ0v) is 24.1. The molecule has 202 valence electrons. The third-order valence-corrected chi connectivity index (χ3v) is 9.20. The molecule has 1 heterocycles. The number of furan rings is 1. The summed E-state index contributed by atoms with van der Waals surface area (Å²) in [5.74, 6) is 0. The van der Waals surface area contributed by atoms with E-state index >= 15 is 0 Å². The molecule has 0 aliphatic rings. The summed E-state index contributed by atoms with van der Waals surface area (Å²) in [6.45, 7) is 4.29. The second-order valence-corrected chi connectivity index (χ2v) is 11.8. The van der Waals surface area contributed by atoms with E-state index in [2.05, 4.69) is 141 Å². The van der Waals surface area contributed by atoms with Crippen molar-refractivity contribution in [2.75, 3.05) is 0 Å². The van der Waals surface area contributed by atoms with E-state index in [0.717, 1.165) is 27.5 Å². The van der Waals surface area contributed by atoms with E-state index < -0.39 is 0 Å². The van der Waals surface area contributed by atoms with Crippen LogP contribution in [-0.4, -0.2) is 0 Å². The molecule has 1 aromatic heterocycles. The number of rotatable bonds is 3. The lowest BCUT2D eigenvalue weighted by molar-refractivity contribution is 0.670. The van der Waals surface area contributed by atoms with Crippen LogP contribution in [0, 0.1) is 13.8 Å². The van der Waals surface area contributed by atoms with Crippen LogP contribution in [0.1, 0.15) is 11.1 Å². The molecule has 0 aliphatic heterocycles. The van der Waals surface area contributed by atoms with Gasteiger partial charge in [0.1, 0.15) is 11.2 Å². The zero-order valence-electron chi connectivity index (χ0n) is 24.1. The summed E-state index contributed by atoms with van der Waals surface area (Å²) in [5, 5.41) is 10.0. The van der Waals surface area contributed by atoms with Gasteiger partial charge in [0.2, 0.25) is 0 Å². The van der Waals surface area contributed by atoms with Crippen LogP contribution in [0.15, 0.2) is 138 Å². The largest absolute Gasteiger partial charge is 0.455 e. The van der Waals surface area contributed by atoms with Gasteiger partial charge in [-0.2, -0.15) is 0 Å². The van der Waals surface area contributed by atoms with Gasteiger partial charge in [0.25, 0.3) is 0 Å². The highest BCUT2D eigenvalue weighted by atomic mass is 16.3. The van der Waals surface area contributed by atoms with E-state index in [1.807, 2.05) is 6.07 Å². The van der Waals surface area contributed by atoms with E-state index in [-0.39, 0.29) is 0 Å². The Balaban J connectivity index is 1.44. The normalized spacial score (nSPS) is 12.0. The molecule has 0 bridgehead atoms. The van der Waals surface area contributed by atoms with Crippen molar-refractivity contribution < 1.29 is 4.42 Å². The van der Waals surface area contributed by atoms with Crippen molar-refractivity contribution in [3.63, 3.8) is 0 Å². The summed E-state index contributed by atoms with van der Waals surface area (Å²) in [5.41, 5.74) is 11.7. The van der Waals surface area contributed by atoms with Crippen LogP contribution in [0.5, 0.6) is 0 Å². The van der Waals surface area contributed by atoms with Gasteiger partial charge in [-0.3, -0.25) is 0 Å². The SMILES string of the molecule is Cc1ccc(-c2ccc3ccc4c(-c5ccc(C)cc5)cc(-c5cccc6c5oc5ccccc56)c5ccc2c3c45)cc1. The minimum Gasteiger partial charge on any atom is -0.455 e. The first-order valence-electron chi connectivity index (χ1n) is 14.9. The minimum atomic E-state index is 0.921. The van der Waals surface area contributed by atoms with E-state index in [4.69, 9.17) is 4.42 Å². The number of para-hydroxylation sites is 2. The third-order valence-electron chi connectivity index (χ3n) is 9.20.